The average Bonchev–Trinajstić information content (AvgIpc) is 2.72. The maximum atomic E-state index is 12.9. The molecule has 0 radical (unpaired) electrons. The minimum atomic E-state index is -4.31. The first-order valence-electron chi connectivity index (χ1n) is 5.27. The topological polar surface area (TPSA) is 39.2 Å². The maximum absolute atomic E-state index is 12.9. The van der Waals surface area contributed by atoms with Gasteiger partial charge in [0.2, 0.25) is 0 Å². The maximum Gasteiger partial charge on any atom is 0.395 e. The fraction of sp³-hybridized carbons (Fsp3) is 0.333. The summed E-state index contributed by atoms with van der Waals surface area (Å²) in [6.45, 7) is -0.0126. The van der Waals surface area contributed by atoms with Crippen molar-refractivity contribution < 1.29 is 17.6 Å². The van der Waals surface area contributed by atoms with Gasteiger partial charge in [-0.1, -0.05) is 18.2 Å². The van der Waals surface area contributed by atoms with Crippen LogP contribution < -0.4 is 5.73 Å². The summed E-state index contributed by atoms with van der Waals surface area (Å²) in [6.07, 6.45) is -3.05. The number of fused-ring (bicyclic) bond motifs is 1. The van der Waals surface area contributed by atoms with Crippen LogP contribution in [-0.2, 0) is 0 Å². The molecule has 1 atom stereocenters. The molecule has 0 amide bonds. The highest BCUT2D eigenvalue weighted by molar-refractivity contribution is 5.80. The molecule has 1 aromatic heterocycles. The molecule has 2 N–H and O–H groups in total. The van der Waals surface area contributed by atoms with Crippen LogP contribution in [0.4, 0.5) is 13.2 Å². The third-order valence-corrected chi connectivity index (χ3v) is 2.74. The standard InChI is InChI=1S/C12H12F3NO/c13-12(14,15)10(4-6-16)9-3-1-2-8-5-7-17-11(8)9/h1-3,5,7,10H,4,6,16H2. The van der Waals surface area contributed by atoms with Crippen LogP contribution in [0.3, 0.4) is 0 Å². The first kappa shape index (κ1) is 12.0. The van der Waals surface area contributed by atoms with Gasteiger partial charge in [0.25, 0.3) is 0 Å². The minimum absolute atomic E-state index is 0.0126. The lowest BCUT2D eigenvalue weighted by Crippen LogP contribution is -2.23. The van der Waals surface area contributed by atoms with Gasteiger partial charge in [-0.2, -0.15) is 13.2 Å². The van der Waals surface area contributed by atoms with Crippen molar-refractivity contribution in [2.24, 2.45) is 5.73 Å². The van der Waals surface area contributed by atoms with Crippen LogP contribution in [0, 0.1) is 0 Å². The smallest absolute Gasteiger partial charge is 0.395 e. The van der Waals surface area contributed by atoms with Crippen LogP contribution in [-0.4, -0.2) is 12.7 Å². The molecule has 0 aliphatic rings. The summed E-state index contributed by atoms with van der Waals surface area (Å²) in [7, 11) is 0. The van der Waals surface area contributed by atoms with Crippen molar-refractivity contribution in [1.82, 2.24) is 0 Å². The Hall–Kier alpha value is -1.49. The molecule has 2 rings (SSSR count). The Kier molecular flexibility index (Phi) is 3.11. The van der Waals surface area contributed by atoms with Gasteiger partial charge in [-0.25, -0.2) is 0 Å². The second-order valence-electron chi connectivity index (χ2n) is 3.86. The number of alkyl halides is 3. The highest BCUT2D eigenvalue weighted by Gasteiger charge is 2.41. The second kappa shape index (κ2) is 4.41. The minimum Gasteiger partial charge on any atom is -0.464 e. The van der Waals surface area contributed by atoms with E-state index in [0.29, 0.717) is 11.0 Å². The monoisotopic (exact) mass is 243 g/mol. The van der Waals surface area contributed by atoms with E-state index < -0.39 is 12.1 Å². The van der Waals surface area contributed by atoms with Gasteiger partial charge in [-0.15, -0.1) is 0 Å². The Morgan fingerprint density at radius 3 is 2.65 bits per heavy atom. The summed E-state index contributed by atoms with van der Waals surface area (Å²) >= 11 is 0. The lowest BCUT2D eigenvalue weighted by molar-refractivity contribution is -0.151. The molecule has 0 saturated carbocycles. The molecule has 2 aromatic rings. The first-order valence-corrected chi connectivity index (χ1v) is 5.27. The number of rotatable bonds is 3. The Morgan fingerprint density at radius 2 is 2.00 bits per heavy atom. The molecular formula is C12H12F3NO. The SMILES string of the molecule is NCCC(c1cccc2ccoc12)C(F)(F)F. The predicted octanol–water partition coefficient (Wildman–Crippen LogP) is 3.43. The summed E-state index contributed by atoms with van der Waals surface area (Å²) in [5.41, 5.74) is 5.70. The fourth-order valence-electron chi connectivity index (χ4n) is 1.95. The van der Waals surface area contributed by atoms with Gasteiger partial charge in [0.1, 0.15) is 5.58 Å². The third kappa shape index (κ3) is 2.29. The lowest BCUT2D eigenvalue weighted by atomic mass is 9.94. The van der Waals surface area contributed by atoms with E-state index in [2.05, 4.69) is 0 Å². The molecule has 17 heavy (non-hydrogen) atoms. The molecule has 1 unspecified atom stereocenters. The molecule has 2 nitrogen and oxygen atoms in total. The Bertz CT molecular complexity index is 504. The van der Waals surface area contributed by atoms with Crippen LogP contribution in [0.1, 0.15) is 17.9 Å². The second-order valence-corrected chi connectivity index (χ2v) is 3.86. The summed E-state index contributed by atoms with van der Waals surface area (Å²) in [6, 6.07) is 6.41. The number of hydrogen-bond donors (Lipinski definition) is 1. The number of halogens is 3. The van der Waals surface area contributed by atoms with Gasteiger partial charge in [0.15, 0.2) is 0 Å². The van der Waals surface area contributed by atoms with E-state index in [1.165, 1.54) is 12.3 Å². The van der Waals surface area contributed by atoms with E-state index in [9.17, 15) is 13.2 Å². The quantitative estimate of drug-likeness (QED) is 0.897. The van der Waals surface area contributed by atoms with Crippen molar-refractivity contribution in [2.75, 3.05) is 6.54 Å². The first-order chi connectivity index (χ1) is 8.04. The molecule has 0 bridgehead atoms. The van der Waals surface area contributed by atoms with Crippen molar-refractivity contribution in [3.8, 4) is 0 Å². The molecular weight excluding hydrogens is 231 g/mol. The molecule has 0 saturated heterocycles. The van der Waals surface area contributed by atoms with Crippen LogP contribution >= 0.6 is 0 Å². The molecule has 0 aliphatic heterocycles. The molecule has 92 valence electrons. The molecule has 0 fully saturated rings. The zero-order valence-corrected chi connectivity index (χ0v) is 9.00. The Morgan fingerprint density at radius 1 is 1.24 bits per heavy atom. The van der Waals surface area contributed by atoms with Gasteiger partial charge in [0, 0.05) is 10.9 Å². The van der Waals surface area contributed by atoms with Gasteiger partial charge < -0.3 is 10.2 Å². The van der Waals surface area contributed by atoms with Gasteiger partial charge >= 0.3 is 6.18 Å². The van der Waals surface area contributed by atoms with E-state index in [1.807, 2.05) is 0 Å². The highest BCUT2D eigenvalue weighted by atomic mass is 19.4. The number of benzene rings is 1. The summed E-state index contributed by atoms with van der Waals surface area (Å²) < 4.78 is 43.9. The summed E-state index contributed by atoms with van der Waals surface area (Å²) in [5.74, 6) is -1.57. The fourth-order valence-corrected chi connectivity index (χ4v) is 1.95. The Balaban J connectivity index is 2.52. The van der Waals surface area contributed by atoms with E-state index in [-0.39, 0.29) is 18.5 Å². The van der Waals surface area contributed by atoms with Crippen LogP contribution in [0.25, 0.3) is 11.0 Å². The van der Waals surface area contributed by atoms with Crippen molar-refractivity contribution in [1.29, 1.82) is 0 Å². The van der Waals surface area contributed by atoms with Gasteiger partial charge in [-0.05, 0) is 19.0 Å². The summed E-state index contributed by atoms with van der Waals surface area (Å²) in [5, 5.41) is 0.675. The van der Waals surface area contributed by atoms with Crippen molar-refractivity contribution in [2.45, 2.75) is 18.5 Å². The zero-order valence-electron chi connectivity index (χ0n) is 9.00. The van der Waals surface area contributed by atoms with Crippen LogP contribution in [0.5, 0.6) is 0 Å². The number of hydrogen-bond acceptors (Lipinski definition) is 2. The van der Waals surface area contributed by atoms with E-state index in [4.69, 9.17) is 10.2 Å². The number of furan rings is 1. The van der Waals surface area contributed by atoms with Gasteiger partial charge in [0.05, 0.1) is 12.2 Å². The molecule has 0 spiro atoms. The van der Waals surface area contributed by atoms with Gasteiger partial charge in [-0.3, -0.25) is 0 Å². The van der Waals surface area contributed by atoms with Crippen molar-refractivity contribution in [3.05, 3.63) is 36.1 Å². The van der Waals surface area contributed by atoms with Crippen molar-refractivity contribution >= 4 is 11.0 Å². The van der Waals surface area contributed by atoms with E-state index in [0.717, 1.165) is 0 Å². The average molecular weight is 243 g/mol. The lowest BCUT2D eigenvalue weighted by Gasteiger charge is -2.20. The van der Waals surface area contributed by atoms with E-state index in [1.54, 1.807) is 18.2 Å². The van der Waals surface area contributed by atoms with Crippen LogP contribution in [0.2, 0.25) is 0 Å². The summed E-state index contributed by atoms with van der Waals surface area (Å²) in [4.78, 5) is 0. The number of para-hydroxylation sites is 1. The molecule has 1 heterocycles. The Labute approximate surface area is 96.2 Å². The third-order valence-electron chi connectivity index (χ3n) is 2.74. The van der Waals surface area contributed by atoms with E-state index >= 15 is 0 Å². The van der Waals surface area contributed by atoms with Crippen LogP contribution in [0.15, 0.2) is 34.9 Å². The predicted molar refractivity (Wildman–Crippen MR) is 58.7 cm³/mol. The zero-order chi connectivity index (χ0) is 12.5. The highest BCUT2D eigenvalue weighted by Crippen LogP contribution is 2.40. The molecule has 1 aromatic carbocycles. The normalized spacial score (nSPS) is 14.1. The molecule has 0 aliphatic carbocycles. The largest absolute Gasteiger partial charge is 0.464 e. The van der Waals surface area contributed by atoms with Crippen molar-refractivity contribution in [3.63, 3.8) is 0 Å². The molecule has 5 heteroatoms. The number of nitrogens with two attached hydrogens (primary N) is 1.